The second-order valence-corrected chi connectivity index (χ2v) is 7.58. The minimum absolute atomic E-state index is 0.0130. The largest absolute Gasteiger partial charge is 0.449 e. The molecule has 1 aromatic carbocycles. The molecule has 158 valence electrons. The van der Waals surface area contributed by atoms with Gasteiger partial charge in [0.1, 0.15) is 17.3 Å². The Labute approximate surface area is 181 Å². The molecule has 2 N–H and O–H groups in total. The third-order valence-electron chi connectivity index (χ3n) is 4.87. The Balaban J connectivity index is 1.55. The van der Waals surface area contributed by atoms with E-state index in [9.17, 15) is 4.79 Å². The molecular weight excluding hydrogens is 422 g/mol. The number of ether oxygens (including phenoxy) is 2. The molecule has 0 radical (unpaired) electrons. The van der Waals surface area contributed by atoms with Crippen molar-refractivity contribution in [1.82, 2.24) is 20.3 Å². The number of anilines is 1. The Morgan fingerprint density at radius 3 is 2.90 bits per heavy atom. The zero-order chi connectivity index (χ0) is 21.5. The molecule has 4 aromatic rings. The van der Waals surface area contributed by atoms with Crippen LogP contribution in [0.4, 0.5) is 5.69 Å². The van der Waals surface area contributed by atoms with Crippen molar-refractivity contribution in [2.45, 2.75) is 19.6 Å². The first kappa shape index (κ1) is 19.5. The van der Waals surface area contributed by atoms with E-state index in [-0.39, 0.29) is 35.3 Å². The molecule has 0 fully saturated rings. The van der Waals surface area contributed by atoms with Crippen LogP contribution < -0.4 is 15.4 Å². The molecule has 0 unspecified atom stereocenters. The van der Waals surface area contributed by atoms with E-state index in [0.717, 1.165) is 10.8 Å². The first-order chi connectivity index (χ1) is 15.0. The lowest BCUT2D eigenvalue weighted by Crippen LogP contribution is -2.34. The van der Waals surface area contributed by atoms with Gasteiger partial charge in [-0.3, -0.25) is 4.79 Å². The van der Waals surface area contributed by atoms with Crippen molar-refractivity contribution in [3.63, 3.8) is 0 Å². The van der Waals surface area contributed by atoms with Crippen LogP contribution in [-0.2, 0) is 11.3 Å². The molecule has 1 aliphatic rings. The lowest BCUT2D eigenvalue weighted by atomic mass is 10.1. The summed E-state index contributed by atoms with van der Waals surface area (Å²) in [6, 6.07) is 8.71. The molecule has 0 bridgehead atoms. The normalized spacial score (nSPS) is 16.0. The summed E-state index contributed by atoms with van der Waals surface area (Å²) in [6.45, 7) is 2.74. The van der Waals surface area contributed by atoms with Crippen molar-refractivity contribution in [3.05, 3.63) is 47.1 Å². The van der Waals surface area contributed by atoms with Gasteiger partial charge in [-0.2, -0.15) is 4.98 Å². The number of nitrogens with one attached hydrogen (secondary N) is 2. The van der Waals surface area contributed by atoms with Crippen LogP contribution in [0.1, 0.15) is 23.3 Å². The Kier molecular flexibility index (Phi) is 4.84. The maximum absolute atomic E-state index is 12.5. The zero-order valence-electron chi connectivity index (χ0n) is 16.7. The highest BCUT2D eigenvalue weighted by atomic mass is 35.5. The zero-order valence-corrected chi connectivity index (χ0v) is 17.5. The van der Waals surface area contributed by atoms with Crippen LogP contribution in [0.2, 0.25) is 5.15 Å². The highest BCUT2D eigenvalue weighted by molar-refractivity contribution is 6.29. The molecule has 31 heavy (non-hydrogen) atoms. The van der Waals surface area contributed by atoms with Gasteiger partial charge < -0.3 is 24.5 Å². The van der Waals surface area contributed by atoms with Gasteiger partial charge in [-0.25, -0.2) is 9.97 Å². The number of hydrogen-bond acceptors (Lipinski definition) is 8. The van der Waals surface area contributed by atoms with Gasteiger partial charge in [0.05, 0.1) is 16.6 Å². The van der Waals surface area contributed by atoms with Crippen LogP contribution in [0.3, 0.4) is 0 Å². The van der Waals surface area contributed by atoms with Crippen LogP contribution in [-0.4, -0.2) is 40.6 Å². The van der Waals surface area contributed by atoms with E-state index in [1.165, 1.54) is 6.07 Å². The fourth-order valence-corrected chi connectivity index (χ4v) is 3.75. The minimum atomic E-state index is -0.239. The van der Waals surface area contributed by atoms with Crippen molar-refractivity contribution in [2.24, 2.45) is 0 Å². The van der Waals surface area contributed by atoms with E-state index in [1.807, 2.05) is 19.1 Å². The predicted molar refractivity (Wildman–Crippen MR) is 115 cm³/mol. The number of rotatable bonds is 4. The van der Waals surface area contributed by atoms with Gasteiger partial charge in [0.25, 0.3) is 5.91 Å². The van der Waals surface area contributed by atoms with Crippen LogP contribution >= 0.6 is 11.6 Å². The average Bonchev–Trinajstić information content (AvgIpc) is 3.04. The molecule has 10 heteroatoms. The lowest BCUT2D eigenvalue weighted by molar-refractivity contribution is 0.0920. The van der Waals surface area contributed by atoms with Crippen molar-refractivity contribution in [1.29, 1.82) is 0 Å². The number of hydrogen-bond donors (Lipinski definition) is 2. The second-order valence-electron chi connectivity index (χ2n) is 7.20. The number of pyridine rings is 1. The molecule has 9 nitrogen and oxygen atoms in total. The summed E-state index contributed by atoms with van der Waals surface area (Å²) < 4.78 is 16.7. The van der Waals surface area contributed by atoms with Crippen LogP contribution in [0.5, 0.6) is 11.8 Å². The average molecular weight is 440 g/mol. The van der Waals surface area contributed by atoms with Gasteiger partial charge in [0, 0.05) is 37.2 Å². The standard InChI is InChI=1S/C21H18ClN5O4/c1-10-8-23-19-18-11-3-6-16(31-17-7-14(22)26-15(27-17)9-29-2)25-12(11)4-5-13(18)30-20(19)21(28)24-10/h3-7,10,23H,8-9H2,1-2H3,(H,24,28)/t10-/m1/s1. The number of carbonyl (C=O) groups excluding carboxylic acids is 1. The quantitative estimate of drug-likeness (QED) is 0.460. The summed E-state index contributed by atoms with van der Waals surface area (Å²) in [5.41, 5.74) is 1.96. The summed E-state index contributed by atoms with van der Waals surface area (Å²) in [6.07, 6.45) is 0. The SMILES string of the molecule is COCc1nc(Cl)cc(Oc2ccc3c(ccc4oc5c(c43)NC[C@@H](C)NC5=O)n2)n1. The van der Waals surface area contributed by atoms with Crippen molar-refractivity contribution < 1.29 is 18.7 Å². The van der Waals surface area contributed by atoms with Crippen molar-refractivity contribution in [2.75, 3.05) is 19.0 Å². The van der Waals surface area contributed by atoms with E-state index >= 15 is 0 Å². The highest BCUT2D eigenvalue weighted by Gasteiger charge is 2.26. The number of nitrogens with zero attached hydrogens (tertiary/aromatic N) is 3. The number of halogens is 1. The Bertz CT molecular complexity index is 1320. The molecule has 3 aromatic heterocycles. The van der Waals surface area contributed by atoms with Gasteiger partial charge in [-0.1, -0.05) is 11.6 Å². The minimum Gasteiger partial charge on any atom is -0.449 e. The molecular formula is C21H18ClN5O4. The van der Waals surface area contributed by atoms with Gasteiger partial charge in [-0.15, -0.1) is 0 Å². The Morgan fingerprint density at radius 2 is 2.06 bits per heavy atom. The predicted octanol–water partition coefficient (Wildman–Crippen LogP) is 3.91. The van der Waals surface area contributed by atoms with E-state index in [2.05, 4.69) is 25.6 Å². The highest BCUT2D eigenvalue weighted by Crippen LogP contribution is 2.37. The molecule has 5 rings (SSSR count). The second kappa shape index (κ2) is 7.68. The first-order valence-corrected chi connectivity index (χ1v) is 10.0. The lowest BCUT2D eigenvalue weighted by Gasteiger charge is -2.10. The molecule has 0 aliphatic carbocycles. The molecule has 1 atom stereocenters. The Morgan fingerprint density at radius 1 is 1.19 bits per heavy atom. The van der Waals surface area contributed by atoms with Gasteiger partial charge >= 0.3 is 0 Å². The van der Waals surface area contributed by atoms with Crippen LogP contribution in [0.25, 0.3) is 21.9 Å². The monoisotopic (exact) mass is 439 g/mol. The summed E-state index contributed by atoms with van der Waals surface area (Å²) >= 11 is 6.05. The number of benzene rings is 1. The van der Waals surface area contributed by atoms with Crippen LogP contribution in [0, 0.1) is 0 Å². The fraction of sp³-hybridized carbons (Fsp3) is 0.238. The van der Waals surface area contributed by atoms with Crippen molar-refractivity contribution >= 4 is 45.1 Å². The number of aromatic nitrogens is 3. The maximum Gasteiger partial charge on any atom is 0.289 e. The first-order valence-electron chi connectivity index (χ1n) is 9.63. The van der Waals surface area contributed by atoms with E-state index < -0.39 is 0 Å². The van der Waals surface area contributed by atoms with Crippen LogP contribution in [0.15, 0.2) is 34.7 Å². The molecule has 1 aliphatic heterocycles. The smallest absolute Gasteiger partial charge is 0.289 e. The van der Waals surface area contributed by atoms with Gasteiger partial charge in [0.15, 0.2) is 5.82 Å². The van der Waals surface area contributed by atoms with Gasteiger partial charge in [-0.05, 0) is 25.1 Å². The third kappa shape index (κ3) is 3.62. The Hall–Kier alpha value is -3.43. The van der Waals surface area contributed by atoms with Gasteiger partial charge in [0.2, 0.25) is 17.5 Å². The maximum atomic E-state index is 12.5. The summed E-state index contributed by atoms with van der Waals surface area (Å²) in [5.74, 6) is 1.06. The summed E-state index contributed by atoms with van der Waals surface area (Å²) in [4.78, 5) is 25.4. The van der Waals surface area contributed by atoms with Crippen molar-refractivity contribution in [3.8, 4) is 11.8 Å². The third-order valence-corrected chi connectivity index (χ3v) is 5.06. The topological polar surface area (TPSA) is 111 Å². The number of methoxy groups -OCH3 is 1. The summed E-state index contributed by atoms with van der Waals surface area (Å²) in [7, 11) is 1.55. The van der Waals surface area contributed by atoms with E-state index in [1.54, 1.807) is 19.2 Å². The molecule has 4 heterocycles. The van der Waals surface area contributed by atoms with E-state index in [0.29, 0.717) is 35.0 Å². The molecule has 0 spiro atoms. The fourth-order valence-electron chi connectivity index (χ4n) is 3.56. The number of fused-ring (bicyclic) bond motifs is 5. The molecule has 0 saturated heterocycles. The summed E-state index contributed by atoms with van der Waals surface area (Å²) in [5, 5.41) is 8.11. The number of amides is 1. The number of carbonyl (C=O) groups is 1. The van der Waals surface area contributed by atoms with E-state index in [4.69, 9.17) is 25.5 Å². The number of furan rings is 1. The molecule has 1 amide bonds. The molecule has 0 saturated carbocycles.